The number of rotatable bonds is 4. The number of halogens is 1. The van der Waals surface area contributed by atoms with Crippen LogP contribution in [0.25, 0.3) is 0 Å². The molecule has 0 aliphatic heterocycles. The summed E-state index contributed by atoms with van der Waals surface area (Å²) in [6, 6.07) is 2.04. The third kappa shape index (κ3) is 3.18. The summed E-state index contributed by atoms with van der Waals surface area (Å²) in [7, 11) is 0. The van der Waals surface area contributed by atoms with Crippen LogP contribution >= 0.6 is 22.9 Å². The third-order valence-corrected chi connectivity index (χ3v) is 3.92. The summed E-state index contributed by atoms with van der Waals surface area (Å²) in [5, 5.41) is 13.8. The molecule has 0 saturated heterocycles. The molecule has 6 nitrogen and oxygen atoms in total. The van der Waals surface area contributed by atoms with Crippen LogP contribution in [-0.2, 0) is 6.54 Å². The van der Waals surface area contributed by atoms with E-state index in [4.69, 9.17) is 11.6 Å². The van der Waals surface area contributed by atoms with Crippen molar-refractivity contribution in [2.75, 3.05) is 5.32 Å². The Labute approximate surface area is 118 Å². The second kappa shape index (κ2) is 5.50. The summed E-state index contributed by atoms with van der Waals surface area (Å²) < 4.78 is 0. The number of thiophene rings is 1. The molecule has 1 N–H and O–H groups in total. The van der Waals surface area contributed by atoms with Gasteiger partial charge in [-0.1, -0.05) is 0 Å². The van der Waals surface area contributed by atoms with Crippen LogP contribution < -0.4 is 5.32 Å². The Morgan fingerprint density at radius 1 is 1.53 bits per heavy atom. The lowest BCUT2D eigenvalue weighted by Crippen LogP contribution is -2.04. The topological polar surface area (TPSA) is 81.0 Å². The minimum Gasteiger partial charge on any atom is -0.359 e. The van der Waals surface area contributed by atoms with Crippen molar-refractivity contribution in [3.63, 3.8) is 0 Å². The molecule has 0 saturated carbocycles. The van der Waals surface area contributed by atoms with Crippen molar-refractivity contribution in [3.8, 4) is 0 Å². The third-order valence-electron chi connectivity index (χ3n) is 2.58. The van der Waals surface area contributed by atoms with Crippen LogP contribution in [0.15, 0.2) is 12.3 Å². The zero-order chi connectivity index (χ0) is 14.0. The number of nitro groups is 1. The first-order chi connectivity index (χ1) is 8.97. The van der Waals surface area contributed by atoms with E-state index in [0.717, 1.165) is 11.1 Å². The predicted molar refractivity (Wildman–Crippen MR) is 74.8 cm³/mol. The molecular formula is C11H11ClN4O2S. The van der Waals surface area contributed by atoms with E-state index in [2.05, 4.69) is 15.3 Å². The number of anilines is 1. The molecule has 19 heavy (non-hydrogen) atoms. The molecule has 0 atom stereocenters. The second-order valence-electron chi connectivity index (χ2n) is 3.94. The minimum atomic E-state index is -0.538. The maximum Gasteiger partial charge on any atom is 0.329 e. The highest BCUT2D eigenvalue weighted by molar-refractivity contribution is 7.12. The van der Waals surface area contributed by atoms with Gasteiger partial charge in [-0.15, -0.1) is 11.3 Å². The van der Waals surface area contributed by atoms with E-state index >= 15 is 0 Å². The van der Waals surface area contributed by atoms with E-state index < -0.39 is 4.92 Å². The first-order valence-electron chi connectivity index (χ1n) is 5.44. The van der Waals surface area contributed by atoms with Crippen LogP contribution in [0.4, 0.5) is 11.5 Å². The van der Waals surface area contributed by atoms with Gasteiger partial charge in [0.25, 0.3) is 0 Å². The van der Waals surface area contributed by atoms with E-state index in [-0.39, 0.29) is 16.8 Å². The van der Waals surface area contributed by atoms with Crippen molar-refractivity contribution in [1.82, 2.24) is 9.97 Å². The van der Waals surface area contributed by atoms with E-state index in [9.17, 15) is 10.1 Å². The zero-order valence-corrected chi connectivity index (χ0v) is 11.9. The highest BCUT2D eigenvalue weighted by Gasteiger charge is 2.16. The summed E-state index contributed by atoms with van der Waals surface area (Å²) in [5.41, 5.74) is 1.02. The predicted octanol–water partition coefficient (Wildman–Crippen LogP) is 3.33. The Bertz CT molecular complexity index is 610. The summed E-state index contributed by atoms with van der Waals surface area (Å²) in [4.78, 5) is 20.1. The largest absolute Gasteiger partial charge is 0.359 e. The quantitative estimate of drug-likeness (QED) is 0.532. The normalized spacial score (nSPS) is 10.5. The zero-order valence-electron chi connectivity index (χ0n) is 10.3. The number of nitrogens with zero attached hydrogens (tertiary/aromatic N) is 3. The average molecular weight is 299 g/mol. The Kier molecular flexibility index (Phi) is 3.96. The molecule has 0 unspecified atom stereocenters. The Morgan fingerprint density at radius 3 is 2.84 bits per heavy atom. The van der Waals surface area contributed by atoms with Crippen molar-refractivity contribution < 1.29 is 4.92 Å². The number of aromatic nitrogens is 2. The summed E-state index contributed by atoms with van der Waals surface area (Å²) >= 11 is 7.29. The molecule has 100 valence electrons. The molecule has 0 bridgehead atoms. The lowest BCUT2D eigenvalue weighted by molar-refractivity contribution is -0.384. The first-order valence-corrected chi connectivity index (χ1v) is 6.63. The fourth-order valence-electron chi connectivity index (χ4n) is 1.53. The van der Waals surface area contributed by atoms with Crippen molar-refractivity contribution >= 4 is 34.4 Å². The highest BCUT2D eigenvalue weighted by Crippen LogP contribution is 2.25. The van der Waals surface area contributed by atoms with Crippen LogP contribution in [0.5, 0.6) is 0 Å². The molecule has 8 heteroatoms. The molecule has 0 radical (unpaired) electrons. The summed E-state index contributed by atoms with van der Waals surface area (Å²) in [5.74, 6) is 0.133. The maximum atomic E-state index is 10.8. The van der Waals surface area contributed by atoms with Gasteiger partial charge in [-0.25, -0.2) is 4.98 Å². The molecule has 2 heterocycles. The Hall–Kier alpha value is -1.73. The van der Waals surface area contributed by atoms with Gasteiger partial charge in [-0.2, -0.15) is 4.98 Å². The molecular weight excluding hydrogens is 288 g/mol. The van der Waals surface area contributed by atoms with Crippen molar-refractivity contribution in [1.29, 1.82) is 0 Å². The first kappa shape index (κ1) is 13.7. The Morgan fingerprint density at radius 2 is 2.26 bits per heavy atom. The number of aryl methyl sites for hydroxylation is 2. The van der Waals surface area contributed by atoms with Crippen molar-refractivity contribution in [2.24, 2.45) is 0 Å². The fourth-order valence-corrected chi connectivity index (χ4v) is 2.65. The van der Waals surface area contributed by atoms with E-state index in [0.29, 0.717) is 6.54 Å². The number of nitrogens with one attached hydrogen (secondary N) is 1. The number of hydrogen-bond acceptors (Lipinski definition) is 6. The molecule has 0 aliphatic carbocycles. The monoisotopic (exact) mass is 298 g/mol. The van der Waals surface area contributed by atoms with E-state index in [1.54, 1.807) is 11.3 Å². The summed E-state index contributed by atoms with van der Waals surface area (Å²) in [6.45, 7) is 4.53. The van der Waals surface area contributed by atoms with Gasteiger partial charge in [0.1, 0.15) is 6.20 Å². The van der Waals surface area contributed by atoms with Gasteiger partial charge in [0.15, 0.2) is 0 Å². The van der Waals surface area contributed by atoms with Crippen LogP contribution in [0.3, 0.4) is 0 Å². The van der Waals surface area contributed by atoms with Crippen LogP contribution in [-0.4, -0.2) is 14.9 Å². The molecule has 0 fully saturated rings. The lowest BCUT2D eigenvalue weighted by Gasteiger charge is -2.04. The van der Waals surface area contributed by atoms with E-state index in [1.807, 2.05) is 19.9 Å². The maximum absolute atomic E-state index is 10.8. The van der Waals surface area contributed by atoms with Crippen molar-refractivity contribution in [2.45, 2.75) is 20.4 Å². The molecule has 2 aromatic heterocycles. The summed E-state index contributed by atoms with van der Waals surface area (Å²) in [6.07, 6.45) is 1.10. The Balaban J connectivity index is 2.19. The number of hydrogen-bond donors (Lipinski definition) is 1. The van der Waals surface area contributed by atoms with Crippen LogP contribution in [0, 0.1) is 24.0 Å². The highest BCUT2D eigenvalue weighted by atomic mass is 35.5. The second-order valence-corrected chi connectivity index (χ2v) is 5.61. The van der Waals surface area contributed by atoms with Gasteiger partial charge in [0, 0.05) is 9.75 Å². The molecule has 0 amide bonds. The van der Waals surface area contributed by atoms with E-state index in [1.165, 1.54) is 10.4 Å². The smallest absolute Gasteiger partial charge is 0.329 e. The SMILES string of the molecule is Cc1cc(CNc2nc(Cl)ncc2[N+](=O)[O-])sc1C. The van der Waals surface area contributed by atoms with Gasteiger partial charge < -0.3 is 5.32 Å². The molecule has 0 aromatic carbocycles. The van der Waals surface area contributed by atoms with Gasteiger partial charge in [0.05, 0.1) is 11.5 Å². The molecule has 2 rings (SSSR count). The molecule has 0 spiro atoms. The van der Waals surface area contributed by atoms with Crippen molar-refractivity contribution in [3.05, 3.63) is 43.0 Å². The van der Waals surface area contributed by atoms with Crippen LogP contribution in [0.1, 0.15) is 15.3 Å². The molecule has 0 aliphatic rings. The molecule has 2 aromatic rings. The van der Waals surface area contributed by atoms with Gasteiger partial charge in [-0.3, -0.25) is 10.1 Å². The lowest BCUT2D eigenvalue weighted by atomic mass is 10.3. The minimum absolute atomic E-state index is 0.0216. The average Bonchev–Trinajstić information content (AvgIpc) is 2.66. The van der Waals surface area contributed by atoms with Gasteiger partial charge >= 0.3 is 5.69 Å². The van der Waals surface area contributed by atoms with Gasteiger partial charge in [-0.05, 0) is 37.1 Å². The standard InChI is InChI=1S/C11H11ClN4O2S/c1-6-3-8(19-7(6)2)4-13-10-9(16(17)18)5-14-11(12)15-10/h3,5H,4H2,1-2H3,(H,13,14,15). The fraction of sp³-hybridized carbons (Fsp3) is 0.273. The van der Waals surface area contributed by atoms with Gasteiger partial charge in [0.2, 0.25) is 11.1 Å². The van der Waals surface area contributed by atoms with Crippen LogP contribution in [0.2, 0.25) is 5.28 Å².